The number of rotatable bonds is 7. The summed E-state index contributed by atoms with van der Waals surface area (Å²) < 4.78 is 82.2. The Labute approximate surface area is 194 Å². The van der Waals surface area contributed by atoms with Gasteiger partial charge in [-0.3, -0.25) is 4.79 Å². The van der Waals surface area contributed by atoms with E-state index in [2.05, 4.69) is 24.8 Å². The molecule has 0 bridgehead atoms. The molecule has 0 aliphatic carbocycles. The van der Waals surface area contributed by atoms with Crippen molar-refractivity contribution in [2.24, 2.45) is 0 Å². The number of carbonyl (C=O) groups excluding carboxylic acids is 1. The normalized spacial score (nSPS) is 12.7. The summed E-state index contributed by atoms with van der Waals surface area (Å²) >= 11 is 0. The predicted octanol–water partition coefficient (Wildman–Crippen LogP) is 4.72. The molecule has 2 aromatic carbocycles. The molecule has 1 atom stereocenters. The van der Waals surface area contributed by atoms with Gasteiger partial charge in [-0.05, 0) is 61.5 Å². The molecule has 35 heavy (non-hydrogen) atoms. The fraction of sp³-hybridized carbons (Fsp3) is 0.227. The molecular formula is C22H17F6N3O4. The third-order valence-corrected chi connectivity index (χ3v) is 4.34. The first-order valence-electron chi connectivity index (χ1n) is 9.86. The molecule has 0 saturated carbocycles. The van der Waals surface area contributed by atoms with Crippen molar-refractivity contribution in [3.05, 3.63) is 60.3 Å². The van der Waals surface area contributed by atoms with Gasteiger partial charge in [-0.2, -0.15) is 0 Å². The van der Waals surface area contributed by atoms with Crippen LogP contribution in [0.2, 0.25) is 0 Å². The predicted molar refractivity (Wildman–Crippen MR) is 110 cm³/mol. The lowest BCUT2D eigenvalue weighted by atomic mass is 10.1. The van der Waals surface area contributed by atoms with Gasteiger partial charge in [-0.1, -0.05) is 0 Å². The average molecular weight is 501 g/mol. The van der Waals surface area contributed by atoms with Crippen molar-refractivity contribution in [3.63, 3.8) is 0 Å². The van der Waals surface area contributed by atoms with Gasteiger partial charge >= 0.3 is 12.7 Å². The number of aromatic nitrogens is 2. The molecule has 0 saturated heterocycles. The van der Waals surface area contributed by atoms with Gasteiger partial charge in [0.2, 0.25) is 0 Å². The number of alkyl halides is 6. The zero-order valence-corrected chi connectivity index (χ0v) is 17.8. The third kappa shape index (κ3) is 7.57. The summed E-state index contributed by atoms with van der Waals surface area (Å²) in [6, 6.07) is 9.92. The van der Waals surface area contributed by atoms with Crippen LogP contribution in [0.25, 0.3) is 22.6 Å². The van der Waals surface area contributed by atoms with E-state index < -0.39 is 36.2 Å². The SMILES string of the molecule is CC(CO)NC(=O)c1cc(-c2ccc(OC(F)(F)F)cc2)nc(-c2ccc(OC(F)(F)F)cc2)n1. The standard InChI is InChI=1S/C22H17F6N3O4/c1-12(11-32)29-20(33)18-10-17(13-2-6-15(7-3-13)34-21(23,24)25)30-19(31-18)14-4-8-16(9-5-14)35-22(26,27)28/h2-10,12,32H,11H2,1H3,(H,29,33). The smallest absolute Gasteiger partial charge is 0.406 e. The minimum Gasteiger partial charge on any atom is -0.406 e. The number of aliphatic hydroxyl groups is 1. The molecule has 0 fully saturated rings. The average Bonchev–Trinajstić information content (AvgIpc) is 2.77. The highest BCUT2D eigenvalue weighted by molar-refractivity contribution is 5.94. The fourth-order valence-corrected chi connectivity index (χ4v) is 2.82. The van der Waals surface area contributed by atoms with E-state index in [0.717, 1.165) is 24.3 Å². The Morgan fingerprint density at radius 3 is 1.83 bits per heavy atom. The first-order chi connectivity index (χ1) is 16.3. The largest absolute Gasteiger partial charge is 0.573 e. The molecule has 0 aliphatic rings. The number of halogens is 6. The van der Waals surface area contributed by atoms with Crippen molar-refractivity contribution in [2.75, 3.05) is 6.61 Å². The first kappa shape index (κ1) is 25.7. The number of hydrogen-bond acceptors (Lipinski definition) is 6. The summed E-state index contributed by atoms with van der Waals surface area (Å²) in [5, 5.41) is 11.7. The van der Waals surface area contributed by atoms with E-state index in [0.29, 0.717) is 5.56 Å². The van der Waals surface area contributed by atoms with E-state index in [4.69, 9.17) is 0 Å². The third-order valence-electron chi connectivity index (χ3n) is 4.34. The van der Waals surface area contributed by atoms with Crippen molar-refractivity contribution < 1.29 is 45.7 Å². The molecule has 0 radical (unpaired) electrons. The van der Waals surface area contributed by atoms with Crippen LogP contribution < -0.4 is 14.8 Å². The van der Waals surface area contributed by atoms with Gasteiger partial charge in [0.05, 0.1) is 12.3 Å². The molecule has 1 aromatic heterocycles. The summed E-state index contributed by atoms with van der Waals surface area (Å²) in [5.41, 5.74) is 0.551. The van der Waals surface area contributed by atoms with E-state index in [1.807, 2.05) is 0 Å². The Morgan fingerprint density at radius 1 is 0.886 bits per heavy atom. The molecule has 1 heterocycles. The Kier molecular flexibility index (Phi) is 7.48. The summed E-state index contributed by atoms with van der Waals surface area (Å²) in [6.45, 7) is 1.19. The number of carbonyl (C=O) groups is 1. The lowest BCUT2D eigenvalue weighted by Crippen LogP contribution is -2.35. The summed E-state index contributed by atoms with van der Waals surface area (Å²) in [6.07, 6.45) is -9.76. The van der Waals surface area contributed by atoms with E-state index >= 15 is 0 Å². The van der Waals surface area contributed by atoms with Gasteiger partial charge in [0.25, 0.3) is 5.91 Å². The molecule has 1 unspecified atom stereocenters. The number of nitrogens with one attached hydrogen (secondary N) is 1. The van der Waals surface area contributed by atoms with Crippen LogP contribution in [0.15, 0.2) is 54.6 Å². The van der Waals surface area contributed by atoms with E-state index in [1.165, 1.54) is 30.3 Å². The van der Waals surface area contributed by atoms with Crippen LogP contribution in [0.3, 0.4) is 0 Å². The maximum atomic E-state index is 12.6. The Morgan fingerprint density at radius 2 is 1.37 bits per heavy atom. The second kappa shape index (κ2) is 10.2. The molecule has 13 heteroatoms. The topological polar surface area (TPSA) is 93.6 Å². The van der Waals surface area contributed by atoms with Crippen LogP contribution in [0.1, 0.15) is 17.4 Å². The Hall–Kier alpha value is -3.87. The highest BCUT2D eigenvalue weighted by Crippen LogP contribution is 2.29. The van der Waals surface area contributed by atoms with Crippen molar-refractivity contribution in [1.82, 2.24) is 15.3 Å². The van der Waals surface area contributed by atoms with Crippen LogP contribution in [-0.2, 0) is 0 Å². The second-order valence-corrected chi connectivity index (χ2v) is 7.16. The summed E-state index contributed by atoms with van der Waals surface area (Å²) in [4.78, 5) is 21.0. The van der Waals surface area contributed by atoms with Crippen LogP contribution in [0.4, 0.5) is 26.3 Å². The maximum absolute atomic E-state index is 12.6. The van der Waals surface area contributed by atoms with Gasteiger partial charge in [-0.25, -0.2) is 9.97 Å². The lowest BCUT2D eigenvalue weighted by Gasteiger charge is -2.13. The van der Waals surface area contributed by atoms with Crippen LogP contribution in [0, 0.1) is 0 Å². The van der Waals surface area contributed by atoms with Crippen molar-refractivity contribution in [3.8, 4) is 34.1 Å². The molecule has 0 aliphatic heterocycles. The number of ether oxygens (including phenoxy) is 2. The molecule has 1 amide bonds. The van der Waals surface area contributed by atoms with E-state index in [1.54, 1.807) is 6.92 Å². The zero-order chi connectivity index (χ0) is 25.8. The molecule has 2 N–H and O–H groups in total. The van der Waals surface area contributed by atoms with Crippen molar-refractivity contribution in [1.29, 1.82) is 0 Å². The summed E-state index contributed by atoms with van der Waals surface area (Å²) in [7, 11) is 0. The van der Waals surface area contributed by atoms with Gasteiger partial charge in [0, 0.05) is 17.2 Å². The Balaban J connectivity index is 2.00. The van der Waals surface area contributed by atoms with Crippen LogP contribution >= 0.6 is 0 Å². The molecule has 7 nitrogen and oxygen atoms in total. The first-order valence-corrected chi connectivity index (χ1v) is 9.86. The quantitative estimate of drug-likeness (QED) is 0.456. The Bertz CT molecular complexity index is 1090. The van der Waals surface area contributed by atoms with Crippen molar-refractivity contribution in [2.45, 2.75) is 25.7 Å². The number of benzene rings is 2. The van der Waals surface area contributed by atoms with E-state index in [9.17, 15) is 36.2 Å². The summed E-state index contributed by atoms with van der Waals surface area (Å²) in [5.74, 6) is -1.66. The molecule has 3 rings (SSSR count). The molecule has 186 valence electrons. The van der Waals surface area contributed by atoms with Gasteiger partial charge < -0.3 is 19.9 Å². The van der Waals surface area contributed by atoms with E-state index in [-0.39, 0.29) is 29.4 Å². The van der Waals surface area contributed by atoms with Crippen molar-refractivity contribution >= 4 is 5.91 Å². The minimum atomic E-state index is -4.88. The van der Waals surface area contributed by atoms with Crippen LogP contribution in [-0.4, -0.2) is 46.4 Å². The molecule has 3 aromatic rings. The van der Waals surface area contributed by atoms with Gasteiger partial charge in [-0.15, -0.1) is 26.3 Å². The monoisotopic (exact) mass is 501 g/mol. The molecular weight excluding hydrogens is 484 g/mol. The highest BCUT2D eigenvalue weighted by atomic mass is 19.4. The second-order valence-electron chi connectivity index (χ2n) is 7.16. The number of amides is 1. The lowest BCUT2D eigenvalue weighted by molar-refractivity contribution is -0.275. The van der Waals surface area contributed by atoms with Gasteiger partial charge in [0.15, 0.2) is 5.82 Å². The molecule has 0 spiro atoms. The zero-order valence-electron chi connectivity index (χ0n) is 17.8. The fourth-order valence-electron chi connectivity index (χ4n) is 2.82. The van der Waals surface area contributed by atoms with Gasteiger partial charge in [0.1, 0.15) is 17.2 Å². The maximum Gasteiger partial charge on any atom is 0.573 e. The number of hydrogen-bond donors (Lipinski definition) is 2. The minimum absolute atomic E-state index is 0.0431. The highest BCUT2D eigenvalue weighted by Gasteiger charge is 2.31. The number of nitrogens with zero attached hydrogens (tertiary/aromatic N) is 2. The van der Waals surface area contributed by atoms with Crippen LogP contribution in [0.5, 0.6) is 11.5 Å². The number of aliphatic hydroxyl groups excluding tert-OH is 1.